The van der Waals surface area contributed by atoms with Gasteiger partial charge in [-0.25, -0.2) is 0 Å². The Labute approximate surface area is 229 Å². The molecule has 5 atom stereocenters. The average Bonchev–Trinajstić information content (AvgIpc) is 3.37. The van der Waals surface area contributed by atoms with Crippen LogP contribution in [0.15, 0.2) is 54.7 Å². The molecule has 39 heavy (non-hydrogen) atoms. The smallest absolute Gasteiger partial charge is 0.247 e. The number of methoxy groups -OCH3 is 1. The quantitative estimate of drug-likeness (QED) is 0.220. The minimum absolute atomic E-state index is 0.0748. The molecule has 2 aliphatic rings. The molecule has 0 bridgehead atoms. The average molecular weight is 553 g/mol. The van der Waals surface area contributed by atoms with E-state index in [2.05, 4.69) is 17.2 Å². The topological polar surface area (TPSA) is 89.7 Å². The molecule has 10 heteroatoms. The van der Waals surface area contributed by atoms with E-state index >= 15 is 4.11 Å². The fraction of sp³-hybridized carbons (Fsp3) is 0.483. The summed E-state index contributed by atoms with van der Waals surface area (Å²) in [5.41, 5.74) is 3.08. The number of β-lactam (4-membered cyclic amide) rings is 1. The van der Waals surface area contributed by atoms with Crippen LogP contribution in [0, 0.1) is 5.92 Å². The van der Waals surface area contributed by atoms with Gasteiger partial charge in [0.2, 0.25) is 14.3 Å². The van der Waals surface area contributed by atoms with Crippen molar-refractivity contribution in [3.8, 4) is 5.75 Å². The van der Waals surface area contributed by atoms with Crippen LogP contribution in [0.3, 0.4) is 0 Å². The molecule has 1 saturated heterocycles. The van der Waals surface area contributed by atoms with Crippen molar-refractivity contribution in [1.82, 2.24) is 15.0 Å². The van der Waals surface area contributed by atoms with Crippen LogP contribution >= 0.6 is 0 Å². The summed E-state index contributed by atoms with van der Waals surface area (Å²) in [6.07, 6.45) is 2.30. The molecule has 3 aromatic rings. The summed E-state index contributed by atoms with van der Waals surface area (Å²) >= 11 is 0. The van der Waals surface area contributed by atoms with E-state index in [0.717, 1.165) is 16.8 Å². The van der Waals surface area contributed by atoms with Gasteiger partial charge in [0, 0.05) is 55.5 Å². The Morgan fingerprint density at radius 3 is 2.62 bits per heavy atom. The molecule has 1 N–H and O–H groups in total. The molecule has 0 radical (unpaired) electrons. The predicted molar refractivity (Wildman–Crippen MR) is 149 cm³/mol. The summed E-state index contributed by atoms with van der Waals surface area (Å²) in [7, 11) is -1.51. The minimum atomic E-state index is -3.18. The van der Waals surface area contributed by atoms with Gasteiger partial charge in [0.1, 0.15) is 11.9 Å². The SMILES string of the molecule is CO[C@@H]1c2cc(N3CCC3=O)ccc2O[C@H](C(CCn2cc(C(CO)c3ccccc3)nn2)[Si](C)(C)F)[C@H]1C. The van der Waals surface area contributed by atoms with Gasteiger partial charge in [0.25, 0.3) is 0 Å². The number of hydrogen-bond donors (Lipinski definition) is 1. The van der Waals surface area contributed by atoms with Crippen molar-refractivity contribution in [1.29, 1.82) is 0 Å². The number of fused-ring (bicyclic) bond motifs is 1. The summed E-state index contributed by atoms with van der Waals surface area (Å²) in [5, 5.41) is 18.6. The highest BCUT2D eigenvalue weighted by Crippen LogP contribution is 2.48. The van der Waals surface area contributed by atoms with Crippen LogP contribution < -0.4 is 9.64 Å². The monoisotopic (exact) mass is 552 g/mol. The lowest BCUT2D eigenvalue weighted by Crippen LogP contribution is -2.46. The second kappa shape index (κ2) is 11.2. The fourth-order valence-corrected chi connectivity index (χ4v) is 7.90. The van der Waals surface area contributed by atoms with Crippen LogP contribution in [0.1, 0.15) is 48.6 Å². The van der Waals surface area contributed by atoms with Gasteiger partial charge in [-0.3, -0.25) is 9.48 Å². The summed E-state index contributed by atoms with van der Waals surface area (Å²) in [5.74, 6) is 0.434. The number of ether oxygens (including phenoxy) is 2. The van der Waals surface area contributed by atoms with E-state index in [4.69, 9.17) is 9.47 Å². The Bertz CT molecular complexity index is 1300. The van der Waals surface area contributed by atoms with Gasteiger partial charge >= 0.3 is 0 Å². The van der Waals surface area contributed by atoms with Crippen LogP contribution in [0.2, 0.25) is 18.6 Å². The molecule has 8 nitrogen and oxygen atoms in total. The number of carbonyl (C=O) groups excluding carboxylic acids is 1. The number of aliphatic hydroxyl groups is 1. The number of amides is 1. The number of anilines is 1. The lowest BCUT2D eigenvalue weighted by molar-refractivity contribution is -0.122. The molecular formula is C29H37FN4O4Si. The van der Waals surface area contributed by atoms with E-state index in [-0.39, 0.29) is 42.1 Å². The largest absolute Gasteiger partial charge is 0.490 e. The molecule has 0 spiro atoms. The van der Waals surface area contributed by atoms with E-state index in [0.29, 0.717) is 37.4 Å². The van der Waals surface area contributed by atoms with Crippen LogP contribution in [-0.2, 0) is 16.1 Å². The highest BCUT2D eigenvalue weighted by Gasteiger charge is 2.47. The molecule has 2 unspecified atom stereocenters. The Morgan fingerprint density at radius 2 is 2.00 bits per heavy atom. The molecule has 1 aromatic heterocycles. The number of halogens is 1. The molecule has 3 heterocycles. The van der Waals surface area contributed by atoms with Crippen molar-refractivity contribution in [2.24, 2.45) is 5.92 Å². The fourth-order valence-electron chi connectivity index (χ4n) is 5.93. The summed E-state index contributed by atoms with van der Waals surface area (Å²) in [6, 6.07) is 15.5. The van der Waals surface area contributed by atoms with Crippen molar-refractivity contribution in [3.63, 3.8) is 0 Å². The van der Waals surface area contributed by atoms with E-state index in [9.17, 15) is 9.90 Å². The Kier molecular flexibility index (Phi) is 7.88. The molecule has 5 rings (SSSR count). The van der Waals surface area contributed by atoms with Crippen molar-refractivity contribution in [2.45, 2.75) is 63.1 Å². The zero-order valence-electron chi connectivity index (χ0n) is 23.0. The van der Waals surface area contributed by atoms with E-state index < -0.39 is 8.41 Å². The van der Waals surface area contributed by atoms with Crippen LogP contribution in [0.25, 0.3) is 0 Å². The number of rotatable bonds is 10. The zero-order chi connectivity index (χ0) is 27.7. The molecule has 208 valence electrons. The summed E-state index contributed by atoms with van der Waals surface area (Å²) in [4.78, 5) is 13.7. The maximum Gasteiger partial charge on any atom is 0.247 e. The van der Waals surface area contributed by atoms with Gasteiger partial charge in [-0.15, -0.1) is 5.10 Å². The van der Waals surface area contributed by atoms with E-state index in [1.165, 1.54) is 0 Å². The maximum absolute atomic E-state index is 15.9. The second-order valence-electron chi connectivity index (χ2n) is 11.1. The first-order valence-corrected chi connectivity index (χ1v) is 16.5. The third-order valence-electron chi connectivity index (χ3n) is 8.22. The van der Waals surface area contributed by atoms with E-state index in [1.807, 2.05) is 54.7 Å². The third-order valence-corrected chi connectivity index (χ3v) is 10.6. The number of nitrogens with zero attached hydrogens (tertiary/aromatic N) is 4. The molecule has 2 aliphatic heterocycles. The number of aryl methyl sites for hydroxylation is 1. The molecule has 1 amide bonds. The summed E-state index contributed by atoms with van der Waals surface area (Å²) in [6.45, 7) is 6.63. The van der Waals surface area contributed by atoms with Gasteiger partial charge in [0.15, 0.2) is 0 Å². The number of hydrogen-bond acceptors (Lipinski definition) is 6. The normalized spacial score (nSPS) is 22.6. The van der Waals surface area contributed by atoms with Crippen molar-refractivity contribution in [3.05, 3.63) is 71.5 Å². The lowest BCUT2D eigenvalue weighted by Gasteiger charge is -2.43. The van der Waals surface area contributed by atoms with Crippen molar-refractivity contribution in [2.75, 3.05) is 25.2 Å². The number of aliphatic hydroxyl groups excluding tert-OH is 1. The Balaban J connectivity index is 1.35. The molecular weight excluding hydrogens is 515 g/mol. The van der Waals surface area contributed by atoms with Crippen molar-refractivity contribution >= 4 is 20.0 Å². The minimum Gasteiger partial charge on any atom is -0.490 e. The molecule has 2 aromatic carbocycles. The van der Waals surface area contributed by atoms with Crippen molar-refractivity contribution < 1.29 is 23.5 Å². The second-order valence-corrected chi connectivity index (χ2v) is 15.0. The van der Waals surface area contributed by atoms with Gasteiger partial charge in [-0.05, 0) is 43.3 Å². The highest BCUT2D eigenvalue weighted by molar-refractivity contribution is 6.72. The number of carbonyl (C=O) groups is 1. The maximum atomic E-state index is 15.9. The zero-order valence-corrected chi connectivity index (χ0v) is 24.0. The lowest BCUT2D eigenvalue weighted by atomic mass is 9.86. The van der Waals surface area contributed by atoms with E-state index in [1.54, 1.807) is 29.8 Å². The van der Waals surface area contributed by atoms with Gasteiger partial charge in [0.05, 0.1) is 24.3 Å². The number of benzene rings is 2. The van der Waals surface area contributed by atoms with Gasteiger partial charge < -0.3 is 23.6 Å². The Morgan fingerprint density at radius 1 is 1.23 bits per heavy atom. The van der Waals surface area contributed by atoms with Crippen LogP contribution in [-0.4, -0.2) is 60.8 Å². The van der Waals surface area contributed by atoms with Gasteiger partial charge in [-0.2, -0.15) is 0 Å². The van der Waals surface area contributed by atoms with Crippen LogP contribution in [0.5, 0.6) is 5.75 Å². The number of aromatic nitrogens is 3. The first kappa shape index (κ1) is 27.5. The third kappa shape index (κ3) is 5.50. The standard InChI is InChI=1S/C29H37FN4O4Si/c1-19-28(37-2)22-16-21(34-15-13-27(34)36)10-11-25(22)38-29(19)26(39(3,4)30)12-14-33-17-24(31-32-33)23(18-35)20-8-6-5-7-9-20/h5-11,16-17,19,23,26,28-29,35H,12-15,18H2,1-4H3/t19-,23?,26?,28-,29-/m0/s1. The first-order valence-electron chi connectivity index (χ1n) is 13.6. The molecule has 1 fully saturated rings. The van der Waals surface area contributed by atoms with Gasteiger partial charge in [-0.1, -0.05) is 42.5 Å². The van der Waals surface area contributed by atoms with Crippen LogP contribution in [0.4, 0.5) is 9.80 Å². The molecule has 0 aliphatic carbocycles. The highest BCUT2D eigenvalue weighted by atomic mass is 28.4. The summed E-state index contributed by atoms with van der Waals surface area (Å²) < 4.78 is 30.1. The molecule has 0 saturated carbocycles. The predicted octanol–water partition coefficient (Wildman–Crippen LogP) is 4.86. The Hall–Kier alpha value is -3.08. The first-order chi connectivity index (χ1) is 18.7.